The smallest absolute Gasteiger partial charge is 0.258 e. The van der Waals surface area contributed by atoms with Crippen molar-refractivity contribution >= 4 is 33.2 Å². The van der Waals surface area contributed by atoms with Gasteiger partial charge in [-0.3, -0.25) is 4.79 Å². The van der Waals surface area contributed by atoms with Crippen LogP contribution < -0.4 is 4.90 Å². The zero-order chi connectivity index (χ0) is 21.7. The maximum absolute atomic E-state index is 13.2. The molecule has 0 aliphatic carbocycles. The summed E-state index contributed by atoms with van der Waals surface area (Å²) >= 11 is 6.25. The topological polar surface area (TPSA) is 81.5 Å². The lowest BCUT2D eigenvalue weighted by molar-refractivity contribution is 0.0988. The molecule has 1 aliphatic rings. The number of carbonyl (C=O) groups excluding carboxylic acids is 1. The van der Waals surface area contributed by atoms with Gasteiger partial charge in [0.2, 0.25) is 10.0 Å². The van der Waals surface area contributed by atoms with Crippen LogP contribution in [-0.4, -0.2) is 38.3 Å². The molecule has 3 rings (SSSR count). The summed E-state index contributed by atoms with van der Waals surface area (Å²) in [6.45, 7) is 3.15. The molecule has 158 valence electrons. The third-order valence-electron chi connectivity index (χ3n) is 5.23. The number of hydrogen-bond donors (Lipinski definition) is 0. The van der Waals surface area contributed by atoms with Crippen molar-refractivity contribution in [3.63, 3.8) is 0 Å². The van der Waals surface area contributed by atoms with Crippen molar-refractivity contribution in [2.45, 2.75) is 37.5 Å². The van der Waals surface area contributed by atoms with Gasteiger partial charge in [0.25, 0.3) is 5.91 Å². The third kappa shape index (κ3) is 4.67. The van der Waals surface area contributed by atoms with Crippen molar-refractivity contribution < 1.29 is 13.2 Å². The molecule has 2 aromatic carbocycles. The molecule has 8 heteroatoms. The van der Waals surface area contributed by atoms with Crippen LogP contribution in [0.2, 0.25) is 5.02 Å². The number of nitriles is 1. The number of amides is 1. The Bertz CT molecular complexity index is 1050. The Hall–Kier alpha value is -2.40. The molecule has 0 spiro atoms. The third-order valence-corrected chi connectivity index (χ3v) is 7.61. The van der Waals surface area contributed by atoms with Gasteiger partial charge in [-0.2, -0.15) is 9.57 Å². The van der Waals surface area contributed by atoms with Crippen LogP contribution >= 0.6 is 11.6 Å². The summed E-state index contributed by atoms with van der Waals surface area (Å²) in [4.78, 5) is 14.7. The average molecular weight is 446 g/mol. The van der Waals surface area contributed by atoms with Gasteiger partial charge in [0, 0.05) is 30.9 Å². The molecule has 30 heavy (non-hydrogen) atoms. The van der Waals surface area contributed by atoms with E-state index in [1.54, 1.807) is 30.3 Å². The number of sulfonamides is 1. The number of anilines is 1. The van der Waals surface area contributed by atoms with Gasteiger partial charge in [-0.15, -0.1) is 0 Å². The highest BCUT2D eigenvalue weighted by atomic mass is 35.5. The van der Waals surface area contributed by atoms with Crippen LogP contribution in [0.25, 0.3) is 0 Å². The summed E-state index contributed by atoms with van der Waals surface area (Å²) in [5.74, 6) is -0.328. The fourth-order valence-electron chi connectivity index (χ4n) is 3.57. The van der Waals surface area contributed by atoms with Gasteiger partial charge < -0.3 is 4.90 Å². The summed E-state index contributed by atoms with van der Waals surface area (Å²) in [6.07, 6.45) is 3.65. The van der Waals surface area contributed by atoms with Gasteiger partial charge in [0.15, 0.2) is 0 Å². The van der Waals surface area contributed by atoms with Gasteiger partial charge in [0.05, 0.1) is 16.7 Å². The second-order valence-electron chi connectivity index (χ2n) is 7.17. The second kappa shape index (κ2) is 9.61. The van der Waals surface area contributed by atoms with E-state index in [9.17, 15) is 13.2 Å². The van der Waals surface area contributed by atoms with Gasteiger partial charge >= 0.3 is 0 Å². The molecule has 0 saturated carbocycles. The Morgan fingerprint density at radius 3 is 2.30 bits per heavy atom. The summed E-state index contributed by atoms with van der Waals surface area (Å²) in [5, 5.41) is 9.07. The summed E-state index contributed by atoms with van der Waals surface area (Å²) in [7, 11) is -3.78. The SMILES string of the molecule is CCN(C(=O)c1ccc(Cl)c(S(=O)(=O)N2CCCCCC2)c1)c1ccc(C#N)cc1. The minimum atomic E-state index is -3.78. The predicted molar refractivity (Wildman–Crippen MR) is 117 cm³/mol. The molecule has 0 atom stereocenters. The van der Waals surface area contributed by atoms with Crippen LogP contribution in [0.1, 0.15) is 48.5 Å². The first kappa shape index (κ1) is 22.3. The molecular weight excluding hydrogens is 422 g/mol. The lowest BCUT2D eigenvalue weighted by Gasteiger charge is -2.23. The number of hydrogen-bond acceptors (Lipinski definition) is 4. The number of halogens is 1. The van der Waals surface area contributed by atoms with Crippen LogP contribution in [0.5, 0.6) is 0 Å². The van der Waals surface area contributed by atoms with Gasteiger partial charge in [-0.05, 0) is 62.2 Å². The molecule has 1 aliphatic heterocycles. The Kier molecular flexibility index (Phi) is 7.14. The van der Waals surface area contributed by atoms with Crippen LogP contribution in [-0.2, 0) is 10.0 Å². The van der Waals surface area contributed by atoms with E-state index in [0.717, 1.165) is 25.7 Å². The minimum Gasteiger partial charge on any atom is -0.309 e. The second-order valence-corrected chi connectivity index (χ2v) is 9.49. The summed E-state index contributed by atoms with van der Waals surface area (Å²) in [5.41, 5.74) is 1.38. The quantitative estimate of drug-likeness (QED) is 0.681. The summed E-state index contributed by atoms with van der Waals surface area (Å²) < 4.78 is 27.9. The first-order valence-electron chi connectivity index (χ1n) is 10.00. The fraction of sp³-hybridized carbons (Fsp3) is 0.364. The average Bonchev–Trinajstić information content (AvgIpc) is 3.05. The molecule has 1 saturated heterocycles. The van der Waals surface area contributed by atoms with E-state index in [-0.39, 0.29) is 21.4 Å². The number of nitrogens with zero attached hydrogens (tertiary/aromatic N) is 3. The number of carbonyl (C=O) groups is 1. The molecule has 1 fully saturated rings. The van der Waals surface area contributed by atoms with Gasteiger partial charge in [-0.25, -0.2) is 8.42 Å². The molecule has 0 aromatic heterocycles. The van der Waals surface area contributed by atoms with E-state index in [1.807, 2.05) is 13.0 Å². The Morgan fingerprint density at radius 1 is 1.10 bits per heavy atom. The van der Waals surface area contributed by atoms with Crippen molar-refractivity contribution in [3.8, 4) is 6.07 Å². The van der Waals surface area contributed by atoms with E-state index < -0.39 is 10.0 Å². The first-order chi connectivity index (χ1) is 14.4. The highest BCUT2D eigenvalue weighted by Crippen LogP contribution is 2.29. The monoisotopic (exact) mass is 445 g/mol. The van der Waals surface area contributed by atoms with E-state index in [4.69, 9.17) is 16.9 Å². The molecule has 0 radical (unpaired) electrons. The normalized spacial score (nSPS) is 15.2. The van der Waals surface area contributed by atoms with E-state index >= 15 is 0 Å². The summed E-state index contributed by atoms with van der Waals surface area (Å²) in [6, 6.07) is 13.1. The lowest BCUT2D eigenvalue weighted by Crippen LogP contribution is -2.33. The Labute approximate surface area is 182 Å². The van der Waals surface area contributed by atoms with Crippen molar-refractivity contribution in [3.05, 3.63) is 58.6 Å². The molecule has 0 N–H and O–H groups in total. The first-order valence-corrected chi connectivity index (χ1v) is 11.8. The van der Waals surface area contributed by atoms with Crippen LogP contribution in [0.3, 0.4) is 0 Å². The van der Waals surface area contributed by atoms with Gasteiger partial charge in [-0.1, -0.05) is 24.4 Å². The molecule has 6 nitrogen and oxygen atoms in total. The van der Waals surface area contributed by atoms with Gasteiger partial charge in [0.1, 0.15) is 4.90 Å². The molecule has 0 bridgehead atoms. The van der Waals surface area contributed by atoms with E-state index in [2.05, 4.69) is 0 Å². The number of benzene rings is 2. The molecule has 2 aromatic rings. The number of rotatable bonds is 5. The standard InChI is InChI=1S/C22H24ClN3O3S/c1-2-26(19-10-7-17(16-24)8-11-19)22(27)18-9-12-20(23)21(15-18)30(28,29)25-13-5-3-4-6-14-25/h7-12,15H,2-6,13-14H2,1H3. The zero-order valence-corrected chi connectivity index (χ0v) is 18.4. The van der Waals surface area contributed by atoms with Crippen molar-refractivity contribution in [2.75, 3.05) is 24.5 Å². The predicted octanol–water partition coefficient (Wildman–Crippen LogP) is 4.44. The molecular formula is C22H24ClN3O3S. The van der Waals surface area contributed by atoms with E-state index in [1.165, 1.54) is 21.3 Å². The largest absolute Gasteiger partial charge is 0.309 e. The van der Waals surface area contributed by atoms with Crippen molar-refractivity contribution in [1.29, 1.82) is 5.26 Å². The van der Waals surface area contributed by atoms with Crippen LogP contribution in [0.4, 0.5) is 5.69 Å². The van der Waals surface area contributed by atoms with Crippen molar-refractivity contribution in [2.24, 2.45) is 0 Å². The zero-order valence-electron chi connectivity index (χ0n) is 16.8. The van der Waals surface area contributed by atoms with Crippen molar-refractivity contribution in [1.82, 2.24) is 4.31 Å². The lowest BCUT2D eigenvalue weighted by atomic mass is 10.1. The Morgan fingerprint density at radius 2 is 1.73 bits per heavy atom. The van der Waals surface area contributed by atoms with E-state index in [0.29, 0.717) is 30.9 Å². The highest BCUT2D eigenvalue weighted by Gasteiger charge is 2.29. The fourth-order valence-corrected chi connectivity index (χ4v) is 5.59. The maximum atomic E-state index is 13.2. The molecule has 0 unspecified atom stereocenters. The highest BCUT2D eigenvalue weighted by molar-refractivity contribution is 7.89. The molecule has 1 amide bonds. The minimum absolute atomic E-state index is 0.0344. The maximum Gasteiger partial charge on any atom is 0.258 e. The van der Waals surface area contributed by atoms with Crippen LogP contribution in [0.15, 0.2) is 47.4 Å². The Balaban J connectivity index is 1.94. The van der Waals surface area contributed by atoms with Crippen LogP contribution in [0, 0.1) is 11.3 Å². The molecule has 1 heterocycles.